The van der Waals surface area contributed by atoms with Gasteiger partial charge in [-0.2, -0.15) is 0 Å². The summed E-state index contributed by atoms with van der Waals surface area (Å²) in [5.41, 5.74) is 4.74. The van der Waals surface area contributed by atoms with Gasteiger partial charge >= 0.3 is 0 Å². The molecule has 1 heterocycles. The molecule has 0 aliphatic heterocycles. The predicted octanol–water partition coefficient (Wildman–Crippen LogP) is 3.96. The summed E-state index contributed by atoms with van der Waals surface area (Å²) in [7, 11) is 0. The number of rotatable bonds is 7. The van der Waals surface area contributed by atoms with Crippen molar-refractivity contribution in [3.05, 3.63) is 83.4 Å². The normalized spacial score (nSPS) is 10.7. The molecule has 134 valence electrons. The number of amides is 1. The summed E-state index contributed by atoms with van der Waals surface area (Å²) in [6, 6.07) is 14.6. The van der Waals surface area contributed by atoms with Crippen molar-refractivity contribution in [2.75, 3.05) is 5.75 Å². The molecule has 5 heteroatoms. The Kier molecular flexibility index (Phi) is 6.12. The van der Waals surface area contributed by atoms with E-state index in [1.165, 1.54) is 21.6 Å². The Morgan fingerprint density at radius 3 is 2.62 bits per heavy atom. The van der Waals surface area contributed by atoms with Crippen LogP contribution in [0.5, 0.6) is 0 Å². The zero-order valence-electron chi connectivity index (χ0n) is 15.1. The highest BCUT2D eigenvalue weighted by atomic mass is 32.2. The second-order valence-electron chi connectivity index (χ2n) is 6.39. The number of carbonyl (C=O) groups is 1. The lowest BCUT2D eigenvalue weighted by atomic mass is 10.1. The highest BCUT2D eigenvalue weighted by molar-refractivity contribution is 8.00. The summed E-state index contributed by atoms with van der Waals surface area (Å²) in [5, 5.41) is 2.99. The SMILES string of the molecule is Cc1ccc(C)c(SCC(=O)NCc2ccc(Cn3ccnc3)cc2)c1. The van der Waals surface area contributed by atoms with Gasteiger partial charge in [-0.25, -0.2) is 4.98 Å². The lowest BCUT2D eigenvalue weighted by Gasteiger charge is -2.09. The van der Waals surface area contributed by atoms with Gasteiger partial charge in [-0.15, -0.1) is 11.8 Å². The number of aryl methyl sites for hydroxylation is 2. The Balaban J connectivity index is 1.46. The number of carbonyl (C=O) groups excluding carboxylic acids is 1. The zero-order chi connectivity index (χ0) is 18.4. The molecule has 0 fully saturated rings. The topological polar surface area (TPSA) is 46.9 Å². The summed E-state index contributed by atoms with van der Waals surface area (Å²) in [6.07, 6.45) is 5.53. The summed E-state index contributed by atoms with van der Waals surface area (Å²) in [5.74, 6) is 0.488. The van der Waals surface area contributed by atoms with E-state index in [2.05, 4.69) is 66.6 Å². The minimum Gasteiger partial charge on any atom is -0.351 e. The average Bonchev–Trinajstić information content (AvgIpc) is 3.15. The molecule has 0 saturated carbocycles. The van der Waals surface area contributed by atoms with E-state index >= 15 is 0 Å². The van der Waals surface area contributed by atoms with Gasteiger partial charge in [0.1, 0.15) is 0 Å². The number of aromatic nitrogens is 2. The summed E-state index contributed by atoms with van der Waals surface area (Å²) < 4.78 is 2.03. The van der Waals surface area contributed by atoms with Gasteiger partial charge in [-0.3, -0.25) is 4.79 Å². The summed E-state index contributed by atoms with van der Waals surface area (Å²) >= 11 is 1.59. The Bertz CT molecular complexity index is 857. The van der Waals surface area contributed by atoms with Gasteiger partial charge in [-0.05, 0) is 36.6 Å². The predicted molar refractivity (Wildman–Crippen MR) is 106 cm³/mol. The molecule has 1 N–H and O–H groups in total. The average molecular weight is 366 g/mol. The van der Waals surface area contributed by atoms with Gasteiger partial charge in [-0.1, -0.05) is 42.0 Å². The molecule has 4 nitrogen and oxygen atoms in total. The van der Waals surface area contributed by atoms with Crippen LogP contribution in [0.3, 0.4) is 0 Å². The Labute approximate surface area is 158 Å². The van der Waals surface area contributed by atoms with Gasteiger partial charge in [0, 0.05) is 30.4 Å². The van der Waals surface area contributed by atoms with Crippen LogP contribution < -0.4 is 5.32 Å². The third-order valence-electron chi connectivity index (χ3n) is 4.14. The summed E-state index contributed by atoms with van der Waals surface area (Å²) in [6.45, 7) is 5.50. The molecule has 0 saturated heterocycles. The van der Waals surface area contributed by atoms with Crippen LogP contribution in [-0.2, 0) is 17.9 Å². The maximum atomic E-state index is 12.1. The molecule has 1 amide bonds. The molecule has 0 radical (unpaired) electrons. The fourth-order valence-corrected chi connectivity index (χ4v) is 3.56. The highest BCUT2D eigenvalue weighted by Gasteiger charge is 2.05. The van der Waals surface area contributed by atoms with E-state index < -0.39 is 0 Å². The molecule has 0 spiro atoms. The van der Waals surface area contributed by atoms with Gasteiger partial charge in [0.25, 0.3) is 0 Å². The molecule has 3 rings (SSSR count). The molecular weight excluding hydrogens is 342 g/mol. The number of hydrogen-bond donors (Lipinski definition) is 1. The molecule has 2 aromatic carbocycles. The van der Waals surface area contributed by atoms with Crippen molar-refractivity contribution in [1.29, 1.82) is 0 Å². The summed E-state index contributed by atoms with van der Waals surface area (Å²) in [4.78, 5) is 17.3. The van der Waals surface area contributed by atoms with E-state index in [4.69, 9.17) is 0 Å². The van der Waals surface area contributed by atoms with E-state index in [1.807, 2.05) is 17.1 Å². The van der Waals surface area contributed by atoms with Crippen molar-refractivity contribution < 1.29 is 4.79 Å². The van der Waals surface area contributed by atoms with Gasteiger partial charge in [0.05, 0.1) is 12.1 Å². The highest BCUT2D eigenvalue weighted by Crippen LogP contribution is 2.23. The zero-order valence-corrected chi connectivity index (χ0v) is 15.9. The number of nitrogens with one attached hydrogen (secondary N) is 1. The molecule has 0 atom stereocenters. The minimum absolute atomic E-state index is 0.0541. The Morgan fingerprint density at radius 2 is 1.88 bits per heavy atom. The molecule has 0 unspecified atom stereocenters. The van der Waals surface area contributed by atoms with Crippen LogP contribution in [0.2, 0.25) is 0 Å². The van der Waals surface area contributed by atoms with Gasteiger partial charge in [0.15, 0.2) is 0 Å². The van der Waals surface area contributed by atoms with Crippen LogP contribution in [0.4, 0.5) is 0 Å². The number of imidazole rings is 1. The fourth-order valence-electron chi connectivity index (χ4n) is 2.61. The lowest BCUT2D eigenvalue weighted by molar-refractivity contribution is -0.118. The maximum Gasteiger partial charge on any atom is 0.230 e. The van der Waals surface area contributed by atoms with Gasteiger partial charge in [0.2, 0.25) is 5.91 Å². The molecule has 0 aliphatic rings. The number of benzene rings is 2. The van der Waals surface area contributed by atoms with Crippen molar-refractivity contribution >= 4 is 17.7 Å². The second-order valence-corrected chi connectivity index (χ2v) is 7.40. The standard InChI is InChI=1S/C21H23N3OS/c1-16-3-4-17(2)20(11-16)26-14-21(25)23-12-18-5-7-19(8-6-18)13-24-10-9-22-15-24/h3-11,15H,12-14H2,1-2H3,(H,23,25). The molecule has 3 aromatic rings. The number of thioether (sulfide) groups is 1. The second kappa shape index (κ2) is 8.72. The first-order valence-electron chi connectivity index (χ1n) is 8.60. The first-order chi connectivity index (χ1) is 12.6. The third-order valence-corrected chi connectivity index (χ3v) is 5.30. The first-order valence-corrected chi connectivity index (χ1v) is 9.59. The Morgan fingerprint density at radius 1 is 1.12 bits per heavy atom. The van der Waals surface area contributed by atoms with Crippen LogP contribution >= 0.6 is 11.8 Å². The van der Waals surface area contributed by atoms with E-state index in [9.17, 15) is 4.79 Å². The smallest absolute Gasteiger partial charge is 0.230 e. The molecular formula is C21H23N3OS. The molecule has 1 aromatic heterocycles. The lowest BCUT2D eigenvalue weighted by Crippen LogP contribution is -2.24. The van der Waals surface area contributed by atoms with Crippen molar-refractivity contribution in [3.8, 4) is 0 Å². The first kappa shape index (κ1) is 18.3. The third kappa shape index (κ3) is 5.23. The van der Waals surface area contributed by atoms with E-state index in [1.54, 1.807) is 18.0 Å². The van der Waals surface area contributed by atoms with Crippen LogP contribution in [0, 0.1) is 13.8 Å². The van der Waals surface area contributed by atoms with Crippen LogP contribution in [0.1, 0.15) is 22.3 Å². The molecule has 0 aliphatic carbocycles. The quantitative estimate of drug-likeness (QED) is 0.645. The van der Waals surface area contributed by atoms with Crippen LogP contribution in [0.15, 0.2) is 66.1 Å². The van der Waals surface area contributed by atoms with Crippen LogP contribution in [0.25, 0.3) is 0 Å². The van der Waals surface area contributed by atoms with Crippen molar-refractivity contribution in [1.82, 2.24) is 14.9 Å². The largest absolute Gasteiger partial charge is 0.351 e. The van der Waals surface area contributed by atoms with Crippen LogP contribution in [-0.4, -0.2) is 21.2 Å². The van der Waals surface area contributed by atoms with Crippen molar-refractivity contribution in [2.24, 2.45) is 0 Å². The van der Waals surface area contributed by atoms with E-state index in [0.29, 0.717) is 12.3 Å². The van der Waals surface area contributed by atoms with E-state index in [-0.39, 0.29) is 5.91 Å². The number of hydrogen-bond acceptors (Lipinski definition) is 3. The van der Waals surface area contributed by atoms with Crippen molar-refractivity contribution in [3.63, 3.8) is 0 Å². The fraction of sp³-hybridized carbons (Fsp3) is 0.238. The number of nitrogens with zero attached hydrogens (tertiary/aromatic N) is 2. The van der Waals surface area contributed by atoms with Crippen molar-refractivity contribution in [2.45, 2.75) is 31.8 Å². The maximum absolute atomic E-state index is 12.1. The minimum atomic E-state index is 0.0541. The van der Waals surface area contributed by atoms with E-state index in [0.717, 1.165) is 12.1 Å². The molecule has 0 bridgehead atoms. The Hall–Kier alpha value is -2.53. The molecule has 26 heavy (non-hydrogen) atoms. The van der Waals surface area contributed by atoms with Gasteiger partial charge < -0.3 is 9.88 Å². The monoisotopic (exact) mass is 365 g/mol.